The van der Waals surface area contributed by atoms with Crippen LogP contribution in [0.4, 0.5) is 0 Å². The average molecular weight is 463 g/mol. The molecule has 0 radical (unpaired) electrons. The summed E-state index contributed by atoms with van der Waals surface area (Å²) in [6.07, 6.45) is 0. The van der Waals surface area contributed by atoms with Crippen molar-refractivity contribution in [1.29, 1.82) is 0 Å². The molecule has 0 aliphatic rings. The van der Waals surface area contributed by atoms with Gasteiger partial charge in [0.2, 0.25) is 0 Å². The Balaban J connectivity index is 0.00000264. The first-order valence-electron chi connectivity index (χ1n) is 7.53. The number of thiophene rings is 2. The average Bonchev–Trinajstić information content (AvgIpc) is 3.20. The summed E-state index contributed by atoms with van der Waals surface area (Å²) in [5, 5.41) is 13.3. The van der Waals surface area contributed by atoms with Crippen molar-refractivity contribution in [2.75, 3.05) is 20.1 Å². The smallest absolute Gasteiger partial charge is 0.191 e. The minimum absolute atomic E-state index is 0. The number of aliphatic imine (C=N–C) groups is 1. The molecule has 1 atom stereocenters. The molecule has 2 aromatic rings. The van der Waals surface area contributed by atoms with E-state index in [9.17, 15) is 0 Å². The van der Waals surface area contributed by atoms with E-state index in [4.69, 9.17) is 0 Å². The van der Waals surface area contributed by atoms with E-state index in [1.165, 1.54) is 10.4 Å². The van der Waals surface area contributed by atoms with Crippen molar-refractivity contribution in [3.8, 4) is 0 Å². The largest absolute Gasteiger partial charge is 0.356 e. The van der Waals surface area contributed by atoms with Gasteiger partial charge < -0.3 is 10.6 Å². The van der Waals surface area contributed by atoms with Crippen molar-refractivity contribution >= 4 is 52.6 Å². The zero-order valence-corrected chi connectivity index (χ0v) is 18.1. The van der Waals surface area contributed by atoms with Gasteiger partial charge in [-0.25, -0.2) is 0 Å². The normalized spacial score (nSPS) is 13.3. The van der Waals surface area contributed by atoms with Crippen molar-refractivity contribution in [1.82, 2.24) is 10.6 Å². The van der Waals surface area contributed by atoms with Crippen molar-refractivity contribution in [3.63, 3.8) is 0 Å². The Bertz CT molecular complexity index is 577. The first kappa shape index (κ1) is 20.4. The molecule has 1 unspecified atom stereocenters. The van der Waals surface area contributed by atoms with E-state index in [-0.39, 0.29) is 29.4 Å². The minimum atomic E-state index is 0. The third-order valence-electron chi connectivity index (χ3n) is 3.80. The highest BCUT2D eigenvalue weighted by molar-refractivity contribution is 14.0. The SMILES string of the molecule is CN=C(NCC(C)c1ccsc1)NCC(C)(C)c1cccs1.I. The Morgan fingerprint density at radius 3 is 2.61 bits per heavy atom. The Hall–Kier alpha value is -0.600. The fraction of sp³-hybridized carbons (Fsp3) is 0.471. The minimum Gasteiger partial charge on any atom is -0.356 e. The van der Waals surface area contributed by atoms with E-state index >= 15 is 0 Å². The van der Waals surface area contributed by atoms with Gasteiger partial charge in [-0.3, -0.25) is 4.99 Å². The second-order valence-electron chi connectivity index (χ2n) is 6.13. The first-order valence-corrected chi connectivity index (χ1v) is 9.36. The molecule has 0 saturated carbocycles. The number of hydrogen-bond acceptors (Lipinski definition) is 3. The predicted molar refractivity (Wildman–Crippen MR) is 115 cm³/mol. The van der Waals surface area contributed by atoms with Gasteiger partial charge in [-0.15, -0.1) is 35.3 Å². The zero-order valence-electron chi connectivity index (χ0n) is 14.1. The van der Waals surface area contributed by atoms with Crippen molar-refractivity contribution < 1.29 is 0 Å². The van der Waals surface area contributed by atoms with E-state index in [0.717, 1.165) is 19.0 Å². The van der Waals surface area contributed by atoms with E-state index in [2.05, 4.69) is 70.7 Å². The van der Waals surface area contributed by atoms with Gasteiger partial charge in [0, 0.05) is 30.4 Å². The number of hydrogen-bond donors (Lipinski definition) is 2. The summed E-state index contributed by atoms with van der Waals surface area (Å²) >= 11 is 3.55. The molecule has 0 amide bonds. The molecular formula is C17H26IN3S2. The lowest BCUT2D eigenvalue weighted by atomic mass is 9.91. The van der Waals surface area contributed by atoms with Crippen LogP contribution in [0.15, 0.2) is 39.3 Å². The topological polar surface area (TPSA) is 36.4 Å². The van der Waals surface area contributed by atoms with Gasteiger partial charge in [0.25, 0.3) is 0 Å². The molecule has 128 valence electrons. The van der Waals surface area contributed by atoms with Crippen molar-refractivity contribution in [2.24, 2.45) is 4.99 Å². The monoisotopic (exact) mass is 463 g/mol. The third kappa shape index (κ3) is 6.08. The van der Waals surface area contributed by atoms with Crippen molar-refractivity contribution in [3.05, 3.63) is 44.8 Å². The Morgan fingerprint density at radius 1 is 1.26 bits per heavy atom. The van der Waals surface area contributed by atoms with E-state index in [0.29, 0.717) is 5.92 Å². The second kappa shape index (κ2) is 9.64. The van der Waals surface area contributed by atoms with Gasteiger partial charge in [0.15, 0.2) is 5.96 Å². The van der Waals surface area contributed by atoms with Gasteiger partial charge in [-0.1, -0.05) is 26.8 Å². The highest BCUT2D eigenvalue weighted by Crippen LogP contribution is 2.26. The molecule has 6 heteroatoms. The molecule has 2 aromatic heterocycles. The molecule has 2 rings (SSSR count). The second-order valence-corrected chi connectivity index (χ2v) is 7.85. The van der Waals surface area contributed by atoms with E-state index in [1.54, 1.807) is 22.7 Å². The van der Waals surface area contributed by atoms with Crippen LogP contribution in [0.2, 0.25) is 0 Å². The highest BCUT2D eigenvalue weighted by Gasteiger charge is 2.22. The van der Waals surface area contributed by atoms with Crippen LogP contribution in [0.3, 0.4) is 0 Å². The summed E-state index contributed by atoms with van der Waals surface area (Å²) in [6.45, 7) is 8.49. The lowest BCUT2D eigenvalue weighted by Gasteiger charge is -2.25. The highest BCUT2D eigenvalue weighted by atomic mass is 127. The number of nitrogens with zero attached hydrogens (tertiary/aromatic N) is 1. The molecular weight excluding hydrogens is 437 g/mol. The molecule has 3 nitrogen and oxygen atoms in total. The molecule has 2 heterocycles. The van der Waals surface area contributed by atoms with E-state index in [1.807, 2.05) is 7.05 Å². The van der Waals surface area contributed by atoms with Gasteiger partial charge >= 0.3 is 0 Å². The van der Waals surface area contributed by atoms with Crippen LogP contribution in [-0.2, 0) is 5.41 Å². The fourth-order valence-corrected chi connectivity index (χ4v) is 3.83. The summed E-state index contributed by atoms with van der Waals surface area (Å²) in [4.78, 5) is 5.72. The van der Waals surface area contributed by atoms with Crippen LogP contribution in [0.5, 0.6) is 0 Å². The van der Waals surface area contributed by atoms with Gasteiger partial charge in [-0.05, 0) is 39.8 Å². The summed E-state index contributed by atoms with van der Waals surface area (Å²) < 4.78 is 0. The van der Waals surface area contributed by atoms with Crippen LogP contribution >= 0.6 is 46.7 Å². The molecule has 23 heavy (non-hydrogen) atoms. The summed E-state index contributed by atoms with van der Waals surface area (Å²) in [6, 6.07) is 6.49. The Kier molecular flexibility index (Phi) is 8.57. The third-order valence-corrected chi connectivity index (χ3v) is 5.73. The molecule has 0 aliphatic carbocycles. The van der Waals surface area contributed by atoms with Gasteiger partial charge in [0.1, 0.15) is 0 Å². The summed E-state index contributed by atoms with van der Waals surface area (Å²) in [5.41, 5.74) is 1.48. The lowest BCUT2D eigenvalue weighted by molar-refractivity contribution is 0.517. The molecule has 0 bridgehead atoms. The molecule has 0 saturated heterocycles. The number of halogens is 1. The quantitative estimate of drug-likeness (QED) is 0.371. The lowest BCUT2D eigenvalue weighted by Crippen LogP contribution is -2.44. The number of rotatable bonds is 6. The van der Waals surface area contributed by atoms with Crippen molar-refractivity contribution in [2.45, 2.75) is 32.1 Å². The van der Waals surface area contributed by atoms with Crippen LogP contribution in [0, 0.1) is 0 Å². The maximum Gasteiger partial charge on any atom is 0.191 e. The fourth-order valence-electron chi connectivity index (χ4n) is 2.20. The molecule has 0 fully saturated rings. The Morgan fingerprint density at radius 2 is 2.04 bits per heavy atom. The molecule has 0 spiro atoms. The summed E-state index contributed by atoms with van der Waals surface area (Å²) in [5.74, 6) is 1.35. The van der Waals surface area contributed by atoms with Crippen LogP contribution in [0.1, 0.15) is 37.1 Å². The van der Waals surface area contributed by atoms with Crippen LogP contribution in [0.25, 0.3) is 0 Å². The maximum absolute atomic E-state index is 4.33. The maximum atomic E-state index is 4.33. The predicted octanol–water partition coefficient (Wildman–Crippen LogP) is 4.67. The zero-order chi connectivity index (χ0) is 16.0. The Labute approximate surface area is 164 Å². The van der Waals surface area contributed by atoms with E-state index < -0.39 is 0 Å². The number of nitrogens with one attached hydrogen (secondary N) is 2. The van der Waals surface area contributed by atoms with Gasteiger partial charge in [-0.2, -0.15) is 11.3 Å². The van der Waals surface area contributed by atoms with Gasteiger partial charge in [0.05, 0.1) is 0 Å². The first-order chi connectivity index (χ1) is 10.5. The molecule has 0 aliphatic heterocycles. The summed E-state index contributed by atoms with van der Waals surface area (Å²) in [7, 11) is 1.82. The van der Waals surface area contributed by atoms with Crippen LogP contribution < -0.4 is 10.6 Å². The molecule has 2 N–H and O–H groups in total. The van der Waals surface area contributed by atoms with Crippen LogP contribution in [-0.4, -0.2) is 26.1 Å². The standard InChI is InChI=1S/C17H25N3S2.HI/c1-13(14-7-9-21-11-14)10-19-16(18-4)20-12-17(2,3)15-6-5-8-22-15;/h5-9,11,13H,10,12H2,1-4H3,(H2,18,19,20);1H. The molecule has 0 aromatic carbocycles. The number of guanidine groups is 1.